The van der Waals surface area contributed by atoms with E-state index in [1.807, 2.05) is 6.07 Å². The molecule has 0 spiro atoms. The molecule has 1 fully saturated rings. The van der Waals surface area contributed by atoms with Crippen LogP contribution in [0.5, 0.6) is 0 Å². The van der Waals surface area contributed by atoms with Crippen molar-refractivity contribution in [2.75, 3.05) is 31.2 Å². The Balaban J connectivity index is 2.00. The minimum absolute atomic E-state index is 0.0911. The number of nitrogens with zero attached hydrogens (tertiary/aromatic N) is 3. The Morgan fingerprint density at radius 2 is 2.05 bits per heavy atom. The number of aromatic nitrogens is 1. The van der Waals surface area contributed by atoms with Gasteiger partial charge >= 0.3 is 0 Å². The van der Waals surface area contributed by atoms with E-state index in [2.05, 4.69) is 9.88 Å². The second kappa shape index (κ2) is 4.81. The molecule has 2 aromatic rings. The molecule has 1 aliphatic rings. The highest BCUT2D eigenvalue weighted by Gasteiger charge is 2.13. The van der Waals surface area contributed by atoms with Gasteiger partial charge in [-0.3, -0.25) is 15.1 Å². The van der Waals surface area contributed by atoms with Crippen LogP contribution in [-0.4, -0.2) is 36.2 Å². The highest BCUT2D eigenvalue weighted by molar-refractivity contribution is 5.83. The van der Waals surface area contributed by atoms with Crippen molar-refractivity contribution >= 4 is 22.3 Å². The SMILES string of the molecule is O=[N+]([O-])c1ccc2ncc(N3CCOCC3)cc2c1. The number of rotatable bonds is 2. The van der Waals surface area contributed by atoms with Crippen LogP contribution in [0.25, 0.3) is 10.9 Å². The first-order chi connectivity index (χ1) is 9.24. The molecule has 0 radical (unpaired) electrons. The molecule has 6 nitrogen and oxygen atoms in total. The van der Waals surface area contributed by atoms with Crippen LogP contribution >= 0.6 is 0 Å². The van der Waals surface area contributed by atoms with Crippen molar-refractivity contribution in [3.8, 4) is 0 Å². The summed E-state index contributed by atoms with van der Waals surface area (Å²) in [7, 11) is 0. The molecule has 1 aliphatic heterocycles. The first-order valence-electron chi connectivity index (χ1n) is 6.11. The normalized spacial score (nSPS) is 15.7. The number of nitro groups is 1. The first-order valence-corrected chi connectivity index (χ1v) is 6.11. The summed E-state index contributed by atoms with van der Waals surface area (Å²) in [5, 5.41) is 11.6. The molecule has 0 N–H and O–H groups in total. The van der Waals surface area contributed by atoms with Crippen LogP contribution in [-0.2, 0) is 4.74 Å². The Morgan fingerprint density at radius 1 is 1.26 bits per heavy atom. The van der Waals surface area contributed by atoms with Gasteiger partial charge in [-0.15, -0.1) is 0 Å². The maximum absolute atomic E-state index is 10.8. The highest BCUT2D eigenvalue weighted by Crippen LogP contribution is 2.24. The summed E-state index contributed by atoms with van der Waals surface area (Å²) < 4.78 is 5.31. The Kier molecular flexibility index (Phi) is 3.00. The maximum Gasteiger partial charge on any atom is 0.270 e. The molecule has 3 rings (SSSR count). The van der Waals surface area contributed by atoms with E-state index >= 15 is 0 Å². The molecule has 0 amide bonds. The minimum atomic E-state index is -0.388. The van der Waals surface area contributed by atoms with E-state index in [4.69, 9.17) is 4.74 Å². The number of hydrogen-bond acceptors (Lipinski definition) is 5. The average Bonchev–Trinajstić information content (AvgIpc) is 2.47. The van der Waals surface area contributed by atoms with Gasteiger partial charge in [0.1, 0.15) is 0 Å². The quantitative estimate of drug-likeness (QED) is 0.609. The lowest BCUT2D eigenvalue weighted by molar-refractivity contribution is -0.384. The summed E-state index contributed by atoms with van der Waals surface area (Å²) >= 11 is 0. The maximum atomic E-state index is 10.8. The topological polar surface area (TPSA) is 68.5 Å². The zero-order chi connectivity index (χ0) is 13.2. The molecule has 0 atom stereocenters. The molecule has 1 aromatic heterocycles. The van der Waals surface area contributed by atoms with Crippen molar-refractivity contribution in [3.63, 3.8) is 0 Å². The van der Waals surface area contributed by atoms with E-state index in [0.29, 0.717) is 13.2 Å². The molecule has 98 valence electrons. The van der Waals surface area contributed by atoms with E-state index < -0.39 is 0 Å². The zero-order valence-corrected chi connectivity index (χ0v) is 10.3. The van der Waals surface area contributed by atoms with Gasteiger partial charge in [-0.1, -0.05) is 0 Å². The molecule has 1 aromatic carbocycles. The molecule has 6 heteroatoms. The fourth-order valence-corrected chi connectivity index (χ4v) is 2.22. The second-order valence-corrected chi connectivity index (χ2v) is 4.43. The van der Waals surface area contributed by atoms with Crippen molar-refractivity contribution in [3.05, 3.63) is 40.6 Å². The number of non-ortho nitro benzene ring substituents is 1. The number of nitro benzene ring substituents is 1. The van der Waals surface area contributed by atoms with Crippen LogP contribution < -0.4 is 4.90 Å². The number of fused-ring (bicyclic) bond motifs is 1. The Labute approximate surface area is 109 Å². The number of hydrogen-bond donors (Lipinski definition) is 0. The predicted molar refractivity (Wildman–Crippen MR) is 71.4 cm³/mol. The largest absolute Gasteiger partial charge is 0.378 e. The summed E-state index contributed by atoms with van der Waals surface area (Å²) in [5.74, 6) is 0. The molecule has 0 aliphatic carbocycles. The monoisotopic (exact) mass is 259 g/mol. The second-order valence-electron chi connectivity index (χ2n) is 4.43. The van der Waals surface area contributed by atoms with E-state index in [0.717, 1.165) is 29.7 Å². The summed E-state index contributed by atoms with van der Waals surface area (Å²) in [5.41, 5.74) is 1.84. The van der Waals surface area contributed by atoms with Crippen LogP contribution in [0.3, 0.4) is 0 Å². The molecule has 2 heterocycles. The lowest BCUT2D eigenvalue weighted by Gasteiger charge is -2.28. The highest BCUT2D eigenvalue weighted by atomic mass is 16.6. The number of ether oxygens (including phenoxy) is 1. The van der Waals surface area contributed by atoms with Crippen LogP contribution in [0.1, 0.15) is 0 Å². The van der Waals surface area contributed by atoms with Gasteiger partial charge in [-0.05, 0) is 12.1 Å². The van der Waals surface area contributed by atoms with Gasteiger partial charge in [-0.2, -0.15) is 0 Å². The fourth-order valence-electron chi connectivity index (χ4n) is 2.22. The van der Waals surface area contributed by atoms with Crippen molar-refractivity contribution in [1.82, 2.24) is 4.98 Å². The minimum Gasteiger partial charge on any atom is -0.378 e. The number of morpholine rings is 1. The van der Waals surface area contributed by atoms with Gasteiger partial charge in [0.25, 0.3) is 5.69 Å². The van der Waals surface area contributed by atoms with Crippen molar-refractivity contribution < 1.29 is 9.66 Å². The molecular formula is C13H13N3O3. The summed E-state index contributed by atoms with van der Waals surface area (Å²) in [6.07, 6.45) is 1.81. The zero-order valence-electron chi connectivity index (χ0n) is 10.3. The van der Waals surface area contributed by atoms with Gasteiger partial charge in [0.2, 0.25) is 0 Å². The molecule has 0 bridgehead atoms. The van der Waals surface area contributed by atoms with E-state index in [1.54, 1.807) is 18.3 Å². The summed E-state index contributed by atoms with van der Waals surface area (Å²) in [6.45, 7) is 3.05. The summed E-state index contributed by atoms with van der Waals surface area (Å²) in [4.78, 5) is 16.9. The lowest BCUT2D eigenvalue weighted by Crippen LogP contribution is -2.36. The Hall–Kier alpha value is -2.21. The number of pyridine rings is 1. The molecule has 19 heavy (non-hydrogen) atoms. The van der Waals surface area contributed by atoms with E-state index in [1.165, 1.54) is 6.07 Å². The third kappa shape index (κ3) is 2.34. The van der Waals surface area contributed by atoms with Gasteiger partial charge < -0.3 is 9.64 Å². The van der Waals surface area contributed by atoms with Gasteiger partial charge in [0, 0.05) is 30.6 Å². The van der Waals surface area contributed by atoms with Gasteiger partial charge in [0.15, 0.2) is 0 Å². The third-order valence-corrected chi connectivity index (χ3v) is 3.24. The van der Waals surface area contributed by atoms with Crippen molar-refractivity contribution in [1.29, 1.82) is 0 Å². The number of anilines is 1. The van der Waals surface area contributed by atoms with Gasteiger partial charge in [0.05, 0.1) is 35.5 Å². The first kappa shape index (κ1) is 11.9. The average molecular weight is 259 g/mol. The smallest absolute Gasteiger partial charge is 0.270 e. The molecule has 1 saturated heterocycles. The number of benzene rings is 1. The molecular weight excluding hydrogens is 246 g/mol. The fraction of sp³-hybridized carbons (Fsp3) is 0.308. The van der Waals surface area contributed by atoms with E-state index in [9.17, 15) is 10.1 Å². The summed E-state index contributed by atoms with van der Waals surface area (Å²) in [6, 6.07) is 6.66. The Bertz CT molecular complexity index is 624. The van der Waals surface area contributed by atoms with Crippen LogP contribution in [0.4, 0.5) is 11.4 Å². The van der Waals surface area contributed by atoms with E-state index in [-0.39, 0.29) is 10.6 Å². The van der Waals surface area contributed by atoms with Crippen LogP contribution in [0.15, 0.2) is 30.5 Å². The Morgan fingerprint density at radius 3 is 2.79 bits per heavy atom. The van der Waals surface area contributed by atoms with Crippen molar-refractivity contribution in [2.45, 2.75) is 0 Å². The standard InChI is InChI=1S/C13H13N3O3/c17-16(18)11-1-2-13-10(7-11)8-12(9-14-13)15-3-5-19-6-4-15/h1-2,7-9H,3-6H2. The van der Waals surface area contributed by atoms with Gasteiger partial charge in [-0.25, -0.2) is 0 Å². The molecule has 0 unspecified atom stereocenters. The molecule has 0 saturated carbocycles. The van der Waals surface area contributed by atoms with Crippen LogP contribution in [0, 0.1) is 10.1 Å². The van der Waals surface area contributed by atoms with Crippen molar-refractivity contribution in [2.24, 2.45) is 0 Å². The lowest BCUT2D eigenvalue weighted by atomic mass is 10.2. The predicted octanol–water partition coefficient (Wildman–Crippen LogP) is 1.98. The third-order valence-electron chi connectivity index (χ3n) is 3.24. The van der Waals surface area contributed by atoms with Crippen LogP contribution in [0.2, 0.25) is 0 Å².